The minimum absolute atomic E-state index is 0.0600. The number of fused-ring (bicyclic) bond motifs is 1. The summed E-state index contributed by atoms with van der Waals surface area (Å²) in [5.41, 5.74) is 3.39. The highest BCUT2D eigenvalue weighted by Gasteiger charge is 2.15. The number of aromatic nitrogens is 1. The maximum Gasteiger partial charge on any atom is 0.247 e. The molecule has 2 aromatic carbocycles. The quantitative estimate of drug-likeness (QED) is 0.280. The van der Waals surface area contributed by atoms with Crippen LogP contribution in [0.1, 0.15) is 44.0 Å². The molecule has 1 amide bonds. The summed E-state index contributed by atoms with van der Waals surface area (Å²) in [4.78, 5) is 17.6. The van der Waals surface area contributed by atoms with Crippen LogP contribution < -0.4 is 15.4 Å². The fraction of sp³-hybridized carbons (Fsp3) is 0.357. The molecule has 0 spiro atoms. The van der Waals surface area contributed by atoms with E-state index in [1.54, 1.807) is 7.11 Å². The van der Waals surface area contributed by atoms with Crippen LogP contribution in [0.4, 0.5) is 0 Å². The Labute approximate surface area is 202 Å². The smallest absolute Gasteiger partial charge is 0.247 e. The number of hydrogen-bond donors (Lipinski definition) is 2. The third-order valence-electron chi connectivity index (χ3n) is 5.54. The van der Waals surface area contributed by atoms with Gasteiger partial charge in [0.25, 0.3) is 0 Å². The largest absolute Gasteiger partial charge is 0.492 e. The van der Waals surface area contributed by atoms with Gasteiger partial charge in [-0.2, -0.15) is 0 Å². The van der Waals surface area contributed by atoms with E-state index in [4.69, 9.17) is 9.47 Å². The highest BCUT2D eigenvalue weighted by molar-refractivity contribution is 5.97. The molecule has 1 heterocycles. The van der Waals surface area contributed by atoms with Gasteiger partial charge in [-0.1, -0.05) is 49.7 Å². The normalized spacial score (nSPS) is 12.5. The van der Waals surface area contributed by atoms with Crippen LogP contribution in [-0.2, 0) is 9.53 Å². The van der Waals surface area contributed by atoms with Crippen LogP contribution in [0, 0.1) is 0 Å². The Bertz CT molecular complexity index is 1080. The standard InChI is InChI=1S/C28H35N3O3/c1-4-7-26(23-11-14-25(15-12-23)34-19-17-29-16-18-33-3)31-28(32)21(2)20-24-13-10-22-8-5-6-9-27(22)30-24/h5-6,8-15,20,26,29H,4,7,16-19H2,1-3H3,(H,31,32)/b21-20+. The first-order chi connectivity index (χ1) is 16.6. The summed E-state index contributed by atoms with van der Waals surface area (Å²) in [6.45, 7) is 6.79. The lowest BCUT2D eigenvalue weighted by Gasteiger charge is -2.19. The molecule has 0 saturated carbocycles. The fourth-order valence-electron chi connectivity index (χ4n) is 3.67. The molecule has 1 atom stereocenters. The molecule has 1 unspecified atom stereocenters. The van der Waals surface area contributed by atoms with Crippen molar-refractivity contribution < 1.29 is 14.3 Å². The van der Waals surface area contributed by atoms with Crippen LogP contribution in [0.5, 0.6) is 5.75 Å². The van der Waals surface area contributed by atoms with Gasteiger partial charge in [-0.25, -0.2) is 4.98 Å². The summed E-state index contributed by atoms with van der Waals surface area (Å²) in [5, 5.41) is 7.52. The summed E-state index contributed by atoms with van der Waals surface area (Å²) >= 11 is 0. The summed E-state index contributed by atoms with van der Waals surface area (Å²) in [7, 11) is 1.69. The van der Waals surface area contributed by atoms with Crippen molar-refractivity contribution in [2.24, 2.45) is 0 Å². The molecule has 1 aromatic heterocycles. The second kappa shape index (κ2) is 13.5. The topological polar surface area (TPSA) is 72.5 Å². The Kier molecular flexibility index (Phi) is 10.1. The molecular formula is C28H35N3O3. The number of carbonyl (C=O) groups excluding carboxylic acids is 1. The lowest BCUT2D eigenvalue weighted by molar-refractivity contribution is -0.118. The molecule has 0 bridgehead atoms. The van der Waals surface area contributed by atoms with Gasteiger partial charge in [0.15, 0.2) is 0 Å². The van der Waals surface area contributed by atoms with Gasteiger partial charge in [0, 0.05) is 31.2 Å². The van der Waals surface area contributed by atoms with Crippen molar-refractivity contribution in [2.45, 2.75) is 32.7 Å². The maximum atomic E-state index is 12.9. The minimum atomic E-state index is -0.0872. The molecule has 0 aliphatic heterocycles. The van der Waals surface area contributed by atoms with Crippen LogP contribution in [0.25, 0.3) is 17.0 Å². The average Bonchev–Trinajstić information content (AvgIpc) is 2.86. The molecule has 180 valence electrons. The van der Waals surface area contributed by atoms with Crippen molar-refractivity contribution in [3.8, 4) is 5.75 Å². The van der Waals surface area contributed by atoms with Crippen LogP contribution in [0.15, 0.2) is 66.2 Å². The first kappa shape index (κ1) is 25.4. The molecule has 6 heteroatoms. The van der Waals surface area contributed by atoms with Crippen LogP contribution in [-0.4, -0.2) is 44.3 Å². The SMILES string of the molecule is CCCC(NC(=O)/C(C)=C/c1ccc2ccccc2n1)c1ccc(OCCNCCOC)cc1. The van der Waals surface area contributed by atoms with Crippen molar-refractivity contribution in [3.63, 3.8) is 0 Å². The second-order valence-electron chi connectivity index (χ2n) is 8.23. The van der Waals surface area contributed by atoms with E-state index in [9.17, 15) is 4.79 Å². The number of benzene rings is 2. The van der Waals surface area contributed by atoms with Crippen molar-refractivity contribution in [1.82, 2.24) is 15.6 Å². The molecule has 0 fully saturated rings. The summed E-state index contributed by atoms with van der Waals surface area (Å²) in [6, 6.07) is 19.8. The molecule has 2 N–H and O–H groups in total. The molecular weight excluding hydrogens is 426 g/mol. The van der Waals surface area contributed by atoms with Gasteiger partial charge >= 0.3 is 0 Å². The Morgan fingerprint density at radius 1 is 1.03 bits per heavy atom. The van der Waals surface area contributed by atoms with Crippen molar-refractivity contribution in [3.05, 3.63) is 77.5 Å². The van der Waals surface area contributed by atoms with Crippen molar-refractivity contribution in [2.75, 3.05) is 33.4 Å². The monoisotopic (exact) mass is 461 g/mol. The van der Waals surface area contributed by atoms with Gasteiger partial charge in [0.2, 0.25) is 5.91 Å². The molecule has 0 aliphatic carbocycles. The van der Waals surface area contributed by atoms with Crippen LogP contribution >= 0.6 is 0 Å². The lowest BCUT2D eigenvalue weighted by atomic mass is 10.0. The van der Waals surface area contributed by atoms with E-state index in [0.717, 1.165) is 53.8 Å². The van der Waals surface area contributed by atoms with Gasteiger partial charge in [-0.3, -0.25) is 4.79 Å². The van der Waals surface area contributed by atoms with Gasteiger partial charge in [-0.15, -0.1) is 0 Å². The van der Waals surface area contributed by atoms with E-state index in [-0.39, 0.29) is 11.9 Å². The number of nitrogens with zero attached hydrogens (tertiary/aromatic N) is 1. The molecule has 0 aliphatic rings. The van der Waals surface area contributed by atoms with E-state index in [2.05, 4.69) is 22.5 Å². The molecule has 0 radical (unpaired) electrons. The number of rotatable bonds is 13. The van der Waals surface area contributed by atoms with E-state index < -0.39 is 0 Å². The maximum absolute atomic E-state index is 12.9. The summed E-state index contributed by atoms with van der Waals surface area (Å²) in [6.07, 6.45) is 3.66. The lowest BCUT2D eigenvalue weighted by Crippen LogP contribution is -2.29. The fourth-order valence-corrected chi connectivity index (χ4v) is 3.67. The molecule has 34 heavy (non-hydrogen) atoms. The minimum Gasteiger partial charge on any atom is -0.492 e. The first-order valence-corrected chi connectivity index (χ1v) is 11.9. The highest BCUT2D eigenvalue weighted by Crippen LogP contribution is 2.22. The van der Waals surface area contributed by atoms with E-state index in [1.807, 2.05) is 73.7 Å². The number of para-hydroxylation sites is 1. The first-order valence-electron chi connectivity index (χ1n) is 11.9. The zero-order valence-electron chi connectivity index (χ0n) is 20.3. The molecule has 3 rings (SSSR count). The zero-order valence-corrected chi connectivity index (χ0v) is 20.3. The Hall–Kier alpha value is -3.22. The predicted octanol–water partition coefficient (Wildman–Crippen LogP) is 4.91. The Morgan fingerprint density at radius 2 is 1.79 bits per heavy atom. The van der Waals surface area contributed by atoms with Gasteiger partial charge in [0.1, 0.15) is 12.4 Å². The van der Waals surface area contributed by atoms with E-state index in [1.165, 1.54) is 0 Å². The highest BCUT2D eigenvalue weighted by atomic mass is 16.5. The molecule has 3 aromatic rings. The number of ether oxygens (including phenoxy) is 2. The predicted molar refractivity (Wildman–Crippen MR) is 138 cm³/mol. The third-order valence-corrected chi connectivity index (χ3v) is 5.54. The molecule has 6 nitrogen and oxygen atoms in total. The Morgan fingerprint density at radius 3 is 2.56 bits per heavy atom. The number of methoxy groups -OCH3 is 1. The summed E-state index contributed by atoms with van der Waals surface area (Å²) < 4.78 is 10.8. The number of carbonyl (C=O) groups is 1. The van der Waals surface area contributed by atoms with E-state index >= 15 is 0 Å². The van der Waals surface area contributed by atoms with Gasteiger partial charge in [-0.05, 0) is 49.2 Å². The van der Waals surface area contributed by atoms with Crippen molar-refractivity contribution >= 4 is 22.9 Å². The number of nitrogens with one attached hydrogen (secondary N) is 2. The van der Waals surface area contributed by atoms with Gasteiger partial charge < -0.3 is 20.1 Å². The van der Waals surface area contributed by atoms with Crippen LogP contribution in [0.2, 0.25) is 0 Å². The van der Waals surface area contributed by atoms with Crippen LogP contribution in [0.3, 0.4) is 0 Å². The molecule has 0 saturated heterocycles. The van der Waals surface area contributed by atoms with E-state index in [0.29, 0.717) is 18.8 Å². The number of hydrogen-bond acceptors (Lipinski definition) is 5. The second-order valence-corrected chi connectivity index (χ2v) is 8.23. The zero-order chi connectivity index (χ0) is 24.2. The Balaban J connectivity index is 1.59. The third kappa shape index (κ3) is 7.68. The average molecular weight is 462 g/mol. The van der Waals surface area contributed by atoms with Gasteiger partial charge in [0.05, 0.1) is 23.9 Å². The van der Waals surface area contributed by atoms with Crippen molar-refractivity contribution in [1.29, 1.82) is 0 Å². The number of pyridine rings is 1. The number of amides is 1. The summed E-state index contributed by atoms with van der Waals surface area (Å²) in [5.74, 6) is 0.730.